The van der Waals surface area contributed by atoms with E-state index < -0.39 is 0 Å². The number of carbonyl (C=O) groups is 1. The average molecular weight is 493 g/mol. The van der Waals surface area contributed by atoms with Crippen LogP contribution in [0.3, 0.4) is 0 Å². The van der Waals surface area contributed by atoms with E-state index in [1.54, 1.807) is 12.1 Å². The van der Waals surface area contributed by atoms with E-state index in [9.17, 15) is 4.79 Å². The van der Waals surface area contributed by atoms with E-state index in [1.807, 2.05) is 102 Å². The number of anilines is 1. The quantitative estimate of drug-likeness (QED) is 0.299. The zero-order valence-corrected chi connectivity index (χ0v) is 20.9. The predicted octanol–water partition coefficient (Wildman–Crippen LogP) is 6.40. The molecule has 0 aliphatic carbocycles. The van der Waals surface area contributed by atoms with Gasteiger partial charge in [-0.1, -0.05) is 71.7 Å². The van der Waals surface area contributed by atoms with Crippen molar-refractivity contribution in [2.24, 2.45) is 0 Å². The SMILES string of the molecule is Cc1nn(-c2cccc(Cl)c2)c(N(C)C)c1CN(Cc1ccccc1)C(=O)c1ccccc1Cl. The molecule has 3 aromatic carbocycles. The van der Waals surface area contributed by atoms with Crippen molar-refractivity contribution in [2.45, 2.75) is 20.0 Å². The van der Waals surface area contributed by atoms with Crippen molar-refractivity contribution in [2.75, 3.05) is 19.0 Å². The third-order valence-electron chi connectivity index (χ3n) is 5.59. The van der Waals surface area contributed by atoms with Gasteiger partial charge in [0.05, 0.1) is 28.5 Å². The van der Waals surface area contributed by atoms with Crippen molar-refractivity contribution in [3.63, 3.8) is 0 Å². The maximum atomic E-state index is 13.7. The second-order valence-electron chi connectivity index (χ2n) is 8.30. The summed E-state index contributed by atoms with van der Waals surface area (Å²) in [7, 11) is 3.94. The molecule has 5 nitrogen and oxygen atoms in total. The van der Waals surface area contributed by atoms with E-state index in [0.29, 0.717) is 28.7 Å². The number of halogens is 2. The Morgan fingerprint density at radius 3 is 2.29 bits per heavy atom. The summed E-state index contributed by atoms with van der Waals surface area (Å²) in [5, 5.41) is 5.88. The van der Waals surface area contributed by atoms with E-state index in [4.69, 9.17) is 28.3 Å². The van der Waals surface area contributed by atoms with Crippen molar-refractivity contribution in [3.8, 4) is 5.69 Å². The van der Waals surface area contributed by atoms with E-state index >= 15 is 0 Å². The molecule has 0 bridgehead atoms. The number of rotatable bonds is 7. The van der Waals surface area contributed by atoms with Gasteiger partial charge in [0, 0.05) is 31.2 Å². The molecule has 7 heteroatoms. The van der Waals surface area contributed by atoms with Crippen LogP contribution in [0.5, 0.6) is 0 Å². The Hall–Kier alpha value is -3.28. The molecular formula is C27H26Cl2N4O. The van der Waals surface area contributed by atoms with Crippen LogP contribution in [0.25, 0.3) is 5.69 Å². The van der Waals surface area contributed by atoms with Gasteiger partial charge in [0.15, 0.2) is 0 Å². The number of amides is 1. The highest BCUT2D eigenvalue weighted by Crippen LogP contribution is 2.30. The smallest absolute Gasteiger partial charge is 0.255 e. The second-order valence-corrected chi connectivity index (χ2v) is 9.14. The summed E-state index contributed by atoms with van der Waals surface area (Å²) in [4.78, 5) is 17.5. The lowest BCUT2D eigenvalue weighted by atomic mass is 10.1. The molecular weight excluding hydrogens is 467 g/mol. The molecule has 0 spiro atoms. The molecule has 0 unspecified atom stereocenters. The zero-order valence-electron chi connectivity index (χ0n) is 19.4. The van der Waals surface area contributed by atoms with E-state index in [0.717, 1.165) is 28.3 Å². The first-order valence-corrected chi connectivity index (χ1v) is 11.7. The number of hydrogen-bond donors (Lipinski definition) is 0. The minimum absolute atomic E-state index is 0.130. The molecule has 4 rings (SSSR count). The fraction of sp³-hybridized carbons (Fsp3) is 0.185. The summed E-state index contributed by atoms with van der Waals surface area (Å²) >= 11 is 12.6. The predicted molar refractivity (Wildman–Crippen MR) is 139 cm³/mol. The lowest BCUT2D eigenvalue weighted by molar-refractivity contribution is 0.0730. The monoisotopic (exact) mass is 492 g/mol. The molecule has 174 valence electrons. The number of aryl methyl sites for hydroxylation is 1. The lowest BCUT2D eigenvalue weighted by Crippen LogP contribution is -2.31. The van der Waals surface area contributed by atoms with Gasteiger partial charge < -0.3 is 9.80 Å². The van der Waals surface area contributed by atoms with Crippen LogP contribution in [0.1, 0.15) is 27.2 Å². The largest absolute Gasteiger partial charge is 0.362 e. The normalized spacial score (nSPS) is 10.9. The van der Waals surface area contributed by atoms with Crippen LogP contribution < -0.4 is 4.90 Å². The van der Waals surface area contributed by atoms with Crippen LogP contribution in [-0.2, 0) is 13.1 Å². The van der Waals surface area contributed by atoms with Crippen molar-refractivity contribution >= 4 is 34.9 Å². The maximum Gasteiger partial charge on any atom is 0.255 e. The Morgan fingerprint density at radius 1 is 0.912 bits per heavy atom. The van der Waals surface area contributed by atoms with Gasteiger partial charge in [0.1, 0.15) is 5.82 Å². The third-order valence-corrected chi connectivity index (χ3v) is 6.16. The molecule has 0 radical (unpaired) electrons. The summed E-state index contributed by atoms with van der Waals surface area (Å²) in [6.45, 7) is 2.78. The molecule has 0 N–H and O–H groups in total. The Kier molecular flexibility index (Phi) is 7.25. The van der Waals surface area contributed by atoms with E-state index in [2.05, 4.69) is 0 Å². The first-order chi connectivity index (χ1) is 16.3. The lowest BCUT2D eigenvalue weighted by Gasteiger charge is -2.25. The van der Waals surface area contributed by atoms with Gasteiger partial charge in [-0.05, 0) is 42.8 Å². The fourth-order valence-electron chi connectivity index (χ4n) is 3.98. The molecule has 0 atom stereocenters. The molecule has 1 heterocycles. The first-order valence-electron chi connectivity index (χ1n) is 10.9. The maximum absolute atomic E-state index is 13.7. The van der Waals surface area contributed by atoms with E-state index in [-0.39, 0.29) is 5.91 Å². The Morgan fingerprint density at radius 2 is 1.62 bits per heavy atom. The molecule has 1 amide bonds. The number of nitrogens with zero attached hydrogens (tertiary/aromatic N) is 4. The zero-order chi connectivity index (χ0) is 24.2. The van der Waals surface area contributed by atoms with Gasteiger partial charge in [0.25, 0.3) is 5.91 Å². The van der Waals surface area contributed by atoms with Crippen LogP contribution in [0, 0.1) is 6.92 Å². The Labute approximate surface area is 210 Å². The summed E-state index contributed by atoms with van der Waals surface area (Å²) in [5.74, 6) is 0.763. The minimum atomic E-state index is -0.130. The fourth-order valence-corrected chi connectivity index (χ4v) is 4.38. The summed E-state index contributed by atoms with van der Waals surface area (Å²) in [6, 6.07) is 24.7. The van der Waals surface area contributed by atoms with Crippen LogP contribution in [0.15, 0.2) is 78.9 Å². The highest BCUT2D eigenvalue weighted by atomic mass is 35.5. The number of hydrogen-bond acceptors (Lipinski definition) is 3. The summed E-state index contributed by atoms with van der Waals surface area (Å²) in [5.41, 5.74) is 4.17. The molecule has 0 aliphatic rings. The highest BCUT2D eigenvalue weighted by molar-refractivity contribution is 6.33. The minimum Gasteiger partial charge on any atom is -0.362 e. The molecule has 0 saturated carbocycles. The van der Waals surface area contributed by atoms with Gasteiger partial charge in [0.2, 0.25) is 0 Å². The first kappa shape index (κ1) is 23.9. The summed E-state index contributed by atoms with van der Waals surface area (Å²) < 4.78 is 1.87. The Balaban J connectivity index is 1.78. The highest BCUT2D eigenvalue weighted by Gasteiger charge is 2.25. The second kappa shape index (κ2) is 10.3. The Bertz CT molecular complexity index is 1300. The van der Waals surface area contributed by atoms with Crippen LogP contribution in [0.2, 0.25) is 10.0 Å². The average Bonchev–Trinajstić information content (AvgIpc) is 3.15. The summed E-state index contributed by atoms with van der Waals surface area (Å²) in [6.07, 6.45) is 0. The van der Waals surface area contributed by atoms with Crippen molar-refractivity contribution in [3.05, 3.63) is 111 Å². The van der Waals surface area contributed by atoms with E-state index in [1.165, 1.54) is 0 Å². The molecule has 0 aliphatic heterocycles. The molecule has 34 heavy (non-hydrogen) atoms. The van der Waals surface area contributed by atoms with Gasteiger partial charge in [-0.2, -0.15) is 5.10 Å². The van der Waals surface area contributed by atoms with Gasteiger partial charge in [-0.25, -0.2) is 4.68 Å². The molecule has 4 aromatic rings. The van der Waals surface area contributed by atoms with Gasteiger partial charge >= 0.3 is 0 Å². The molecule has 0 fully saturated rings. The van der Waals surface area contributed by atoms with Crippen molar-refractivity contribution in [1.29, 1.82) is 0 Å². The molecule has 0 saturated heterocycles. The third kappa shape index (κ3) is 5.11. The van der Waals surface area contributed by atoms with Crippen LogP contribution >= 0.6 is 23.2 Å². The van der Waals surface area contributed by atoms with Gasteiger partial charge in [-0.3, -0.25) is 4.79 Å². The topological polar surface area (TPSA) is 41.4 Å². The number of carbonyl (C=O) groups excluding carboxylic acids is 1. The standard InChI is InChI=1S/C27H26Cl2N4O/c1-19-24(26(31(2)3)33(30-19)22-13-9-12-21(28)16-22)18-32(17-20-10-5-4-6-11-20)27(34)23-14-7-8-15-25(23)29/h4-16H,17-18H2,1-3H3. The van der Waals surface area contributed by atoms with Crippen molar-refractivity contribution < 1.29 is 4.79 Å². The number of benzene rings is 3. The number of aromatic nitrogens is 2. The molecule has 1 aromatic heterocycles. The van der Waals surface area contributed by atoms with Crippen LogP contribution in [-0.4, -0.2) is 34.7 Å². The van der Waals surface area contributed by atoms with Gasteiger partial charge in [-0.15, -0.1) is 0 Å². The van der Waals surface area contributed by atoms with Crippen molar-refractivity contribution in [1.82, 2.24) is 14.7 Å². The van der Waals surface area contributed by atoms with Crippen LogP contribution in [0.4, 0.5) is 5.82 Å².